The predicted molar refractivity (Wildman–Crippen MR) is 102 cm³/mol. The van der Waals surface area contributed by atoms with E-state index in [-0.39, 0.29) is 5.56 Å². The van der Waals surface area contributed by atoms with Gasteiger partial charge in [0.1, 0.15) is 11.6 Å². The Hall–Kier alpha value is -3.27. The summed E-state index contributed by atoms with van der Waals surface area (Å²) in [7, 11) is 0. The van der Waals surface area contributed by atoms with Crippen molar-refractivity contribution in [2.45, 2.75) is 13.5 Å². The lowest BCUT2D eigenvalue weighted by Crippen LogP contribution is -2.24. The molecule has 0 atom stereocenters. The van der Waals surface area contributed by atoms with E-state index >= 15 is 0 Å². The first kappa shape index (κ1) is 16.2. The number of hydrogen-bond donors (Lipinski definition) is 0. The molecule has 0 aliphatic carbocycles. The van der Waals surface area contributed by atoms with Crippen LogP contribution < -0.4 is 5.56 Å². The lowest BCUT2D eigenvalue weighted by molar-refractivity contribution is 0.626. The highest BCUT2D eigenvalue weighted by Gasteiger charge is 2.15. The molecule has 0 saturated heterocycles. The Labute approximate surface area is 150 Å². The normalized spacial score (nSPS) is 11.0. The smallest absolute Gasteiger partial charge is 0.261 e. The molecule has 26 heavy (non-hydrogen) atoms. The van der Waals surface area contributed by atoms with Crippen molar-refractivity contribution in [3.63, 3.8) is 0 Å². The monoisotopic (exact) mass is 344 g/mol. The molecule has 0 unspecified atom stereocenters. The van der Waals surface area contributed by atoms with E-state index < -0.39 is 5.82 Å². The van der Waals surface area contributed by atoms with Gasteiger partial charge in [-0.2, -0.15) is 0 Å². The third-order valence-corrected chi connectivity index (χ3v) is 4.44. The van der Waals surface area contributed by atoms with Crippen molar-refractivity contribution in [3.05, 3.63) is 100 Å². The molecule has 1 heterocycles. The molecule has 0 radical (unpaired) electrons. The van der Waals surface area contributed by atoms with Crippen LogP contribution in [0.1, 0.15) is 11.1 Å². The molecular formula is C22H17FN2O. The Morgan fingerprint density at radius 3 is 2.38 bits per heavy atom. The van der Waals surface area contributed by atoms with Crippen LogP contribution in [0.2, 0.25) is 0 Å². The topological polar surface area (TPSA) is 34.9 Å². The predicted octanol–water partition coefficient (Wildman–Crippen LogP) is 4.56. The maximum absolute atomic E-state index is 14.4. The Bertz CT molecular complexity index is 1150. The first-order chi connectivity index (χ1) is 12.6. The van der Waals surface area contributed by atoms with Crippen molar-refractivity contribution in [3.8, 4) is 11.4 Å². The minimum absolute atomic E-state index is 0.172. The average Bonchev–Trinajstić information content (AvgIpc) is 2.66. The van der Waals surface area contributed by atoms with Crippen LogP contribution in [0.15, 0.2) is 77.6 Å². The molecule has 0 aliphatic heterocycles. The number of fused-ring (bicyclic) bond motifs is 1. The summed E-state index contributed by atoms with van der Waals surface area (Å²) in [5.74, 6) is -0.0558. The number of aromatic nitrogens is 2. The molecule has 0 amide bonds. The molecule has 128 valence electrons. The molecule has 3 nitrogen and oxygen atoms in total. The number of nitrogens with zero attached hydrogens (tertiary/aromatic N) is 2. The Kier molecular flexibility index (Phi) is 4.09. The zero-order valence-corrected chi connectivity index (χ0v) is 14.3. The minimum atomic E-state index is -0.396. The summed E-state index contributed by atoms with van der Waals surface area (Å²) in [6.07, 6.45) is 0. The summed E-state index contributed by atoms with van der Waals surface area (Å²) in [5.41, 5.74) is 2.83. The van der Waals surface area contributed by atoms with Crippen molar-refractivity contribution >= 4 is 10.9 Å². The van der Waals surface area contributed by atoms with E-state index in [2.05, 4.69) is 4.98 Å². The van der Waals surface area contributed by atoms with Crippen LogP contribution in [0.3, 0.4) is 0 Å². The summed E-state index contributed by atoms with van der Waals surface area (Å²) in [6, 6.07) is 21.5. The van der Waals surface area contributed by atoms with Crippen molar-refractivity contribution in [2.75, 3.05) is 0 Å². The molecule has 4 aromatic rings. The van der Waals surface area contributed by atoms with E-state index in [1.54, 1.807) is 34.9 Å². The van der Waals surface area contributed by atoms with Gasteiger partial charge >= 0.3 is 0 Å². The highest BCUT2D eigenvalue weighted by molar-refractivity contribution is 5.79. The summed E-state index contributed by atoms with van der Waals surface area (Å²) in [4.78, 5) is 17.7. The van der Waals surface area contributed by atoms with Gasteiger partial charge in [-0.25, -0.2) is 9.37 Å². The van der Waals surface area contributed by atoms with Crippen LogP contribution in [-0.4, -0.2) is 9.55 Å². The number of hydrogen-bond acceptors (Lipinski definition) is 2. The van der Waals surface area contributed by atoms with Gasteiger partial charge in [-0.15, -0.1) is 0 Å². The molecule has 0 fully saturated rings. The molecule has 0 spiro atoms. The van der Waals surface area contributed by atoms with Gasteiger partial charge in [0.15, 0.2) is 0 Å². The zero-order valence-electron chi connectivity index (χ0n) is 14.3. The first-order valence-corrected chi connectivity index (χ1v) is 8.43. The zero-order chi connectivity index (χ0) is 18.1. The van der Waals surface area contributed by atoms with Gasteiger partial charge in [-0.3, -0.25) is 9.36 Å². The summed E-state index contributed by atoms with van der Waals surface area (Å²) >= 11 is 0. The van der Waals surface area contributed by atoms with E-state index in [1.807, 2.05) is 43.3 Å². The van der Waals surface area contributed by atoms with Crippen LogP contribution in [0.25, 0.3) is 22.3 Å². The standard InChI is InChI=1S/C22H17FN2O/c1-15-10-12-16(13-11-15)14-25-21(17-6-2-4-8-19(17)23)24-20-9-5-3-7-18(20)22(25)26/h2-13H,14H2,1H3. The van der Waals surface area contributed by atoms with E-state index in [4.69, 9.17) is 0 Å². The number of benzene rings is 3. The van der Waals surface area contributed by atoms with Gasteiger partial charge in [0, 0.05) is 0 Å². The number of halogens is 1. The van der Waals surface area contributed by atoms with Crippen LogP contribution >= 0.6 is 0 Å². The van der Waals surface area contributed by atoms with Gasteiger partial charge < -0.3 is 0 Å². The molecular weight excluding hydrogens is 327 g/mol. The fourth-order valence-corrected chi connectivity index (χ4v) is 3.04. The molecule has 4 rings (SSSR count). The number of para-hydroxylation sites is 1. The van der Waals surface area contributed by atoms with Crippen molar-refractivity contribution in [1.29, 1.82) is 0 Å². The quantitative estimate of drug-likeness (QED) is 0.546. The van der Waals surface area contributed by atoms with Crippen molar-refractivity contribution in [1.82, 2.24) is 9.55 Å². The van der Waals surface area contributed by atoms with Crippen molar-refractivity contribution < 1.29 is 4.39 Å². The van der Waals surface area contributed by atoms with E-state index in [0.29, 0.717) is 28.8 Å². The van der Waals surface area contributed by atoms with Crippen LogP contribution in [0, 0.1) is 12.7 Å². The lowest BCUT2D eigenvalue weighted by Gasteiger charge is -2.14. The summed E-state index contributed by atoms with van der Waals surface area (Å²) in [5, 5.41) is 0.528. The maximum Gasteiger partial charge on any atom is 0.261 e. The molecule has 0 bridgehead atoms. The van der Waals surface area contributed by atoms with Gasteiger partial charge in [-0.05, 0) is 36.8 Å². The fraction of sp³-hybridized carbons (Fsp3) is 0.0909. The maximum atomic E-state index is 14.4. The molecule has 1 aromatic heterocycles. The number of rotatable bonds is 3. The number of aryl methyl sites for hydroxylation is 1. The van der Waals surface area contributed by atoms with Gasteiger partial charge in [0.25, 0.3) is 5.56 Å². The van der Waals surface area contributed by atoms with E-state index in [9.17, 15) is 9.18 Å². The molecule has 0 saturated carbocycles. The van der Waals surface area contributed by atoms with Crippen LogP contribution in [0.4, 0.5) is 4.39 Å². The SMILES string of the molecule is Cc1ccc(Cn2c(-c3ccccc3F)nc3ccccc3c2=O)cc1. The third-order valence-electron chi connectivity index (χ3n) is 4.44. The van der Waals surface area contributed by atoms with Gasteiger partial charge in [0.05, 0.1) is 23.0 Å². The molecule has 3 aromatic carbocycles. The van der Waals surface area contributed by atoms with Gasteiger partial charge in [-0.1, -0.05) is 54.1 Å². The fourth-order valence-electron chi connectivity index (χ4n) is 3.04. The van der Waals surface area contributed by atoms with Gasteiger partial charge in [0.2, 0.25) is 0 Å². The largest absolute Gasteiger partial charge is 0.288 e. The molecule has 0 aliphatic rings. The second kappa shape index (κ2) is 6.56. The second-order valence-corrected chi connectivity index (χ2v) is 6.31. The Balaban J connectivity index is 1.98. The first-order valence-electron chi connectivity index (χ1n) is 8.43. The van der Waals surface area contributed by atoms with E-state index in [0.717, 1.165) is 11.1 Å². The third kappa shape index (κ3) is 2.90. The summed E-state index contributed by atoms with van der Waals surface area (Å²) < 4.78 is 16.0. The van der Waals surface area contributed by atoms with Crippen molar-refractivity contribution in [2.24, 2.45) is 0 Å². The highest BCUT2D eigenvalue weighted by atomic mass is 19.1. The molecule has 0 N–H and O–H groups in total. The highest BCUT2D eigenvalue weighted by Crippen LogP contribution is 2.22. The average molecular weight is 344 g/mol. The Morgan fingerprint density at radius 1 is 0.923 bits per heavy atom. The molecule has 4 heteroatoms. The van der Waals surface area contributed by atoms with E-state index in [1.165, 1.54) is 6.07 Å². The lowest BCUT2D eigenvalue weighted by atomic mass is 10.1. The Morgan fingerprint density at radius 2 is 1.62 bits per heavy atom. The van der Waals surface area contributed by atoms with Crippen LogP contribution in [0.5, 0.6) is 0 Å². The van der Waals surface area contributed by atoms with Crippen LogP contribution in [-0.2, 0) is 6.54 Å². The summed E-state index contributed by atoms with van der Waals surface area (Å²) in [6.45, 7) is 2.35. The minimum Gasteiger partial charge on any atom is -0.288 e. The second-order valence-electron chi connectivity index (χ2n) is 6.31.